The summed E-state index contributed by atoms with van der Waals surface area (Å²) in [4.78, 5) is 16.1. The number of fused-ring (bicyclic) bond motifs is 1. The predicted molar refractivity (Wildman–Crippen MR) is 148 cm³/mol. The van der Waals surface area contributed by atoms with E-state index in [9.17, 15) is 4.39 Å². The molecule has 0 spiro atoms. The maximum Gasteiger partial charge on any atom is 0.243 e. The molecule has 3 aromatic rings. The molecule has 2 aliphatic heterocycles. The third-order valence-electron chi connectivity index (χ3n) is 6.15. The summed E-state index contributed by atoms with van der Waals surface area (Å²) in [6, 6.07) is 5.86. The fourth-order valence-electron chi connectivity index (χ4n) is 4.36. The zero-order valence-electron chi connectivity index (χ0n) is 22.9. The first-order valence-electron chi connectivity index (χ1n) is 13.0. The van der Waals surface area contributed by atoms with Crippen LogP contribution in [0, 0.1) is 12.8 Å². The molecule has 37 heavy (non-hydrogen) atoms. The van der Waals surface area contributed by atoms with Gasteiger partial charge in [0.1, 0.15) is 11.7 Å². The van der Waals surface area contributed by atoms with Gasteiger partial charge in [0.25, 0.3) is 0 Å². The van der Waals surface area contributed by atoms with Crippen molar-refractivity contribution < 1.29 is 9.13 Å². The van der Waals surface area contributed by atoms with Gasteiger partial charge in [-0.25, -0.2) is 8.91 Å². The Morgan fingerprint density at radius 1 is 1.14 bits per heavy atom. The summed E-state index contributed by atoms with van der Waals surface area (Å²) < 4.78 is 21.7. The van der Waals surface area contributed by atoms with Crippen LogP contribution in [0.2, 0.25) is 0 Å². The Kier molecular flexibility index (Phi) is 8.39. The number of aryl methyl sites for hydroxylation is 1. The predicted octanol–water partition coefficient (Wildman–Crippen LogP) is 4.75. The minimum absolute atomic E-state index is 0.313. The standard InChI is InChI=1S/C23H29FN8O.C4H10/c1-13(2)26-18-5-6-19(27-14(18)3)16-7-8-32-21(16)22(25-4)29-23(30-32)28-20-10-31(9-17(20)24)15-11-33-12-15;1-4(2)3/h5-8,15,17,20H,9-12H2,1-4H3,(H2,25,28,29,30);4H,1-3H3. The molecule has 0 radical (unpaired) electrons. The Morgan fingerprint density at radius 3 is 2.46 bits per heavy atom. The van der Waals surface area contributed by atoms with Crippen molar-refractivity contribution in [3.8, 4) is 11.3 Å². The Balaban J connectivity index is 0.000000747. The van der Waals surface area contributed by atoms with E-state index >= 15 is 0 Å². The Bertz CT molecular complexity index is 1250. The van der Waals surface area contributed by atoms with Gasteiger partial charge < -0.3 is 15.4 Å². The van der Waals surface area contributed by atoms with Crippen LogP contribution in [0.5, 0.6) is 0 Å². The van der Waals surface area contributed by atoms with Gasteiger partial charge in [0, 0.05) is 37.6 Å². The van der Waals surface area contributed by atoms with Crippen LogP contribution in [-0.2, 0) is 4.74 Å². The van der Waals surface area contributed by atoms with E-state index in [1.807, 2.05) is 52.2 Å². The van der Waals surface area contributed by atoms with Crippen LogP contribution in [0.15, 0.2) is 29.4 Å². The van der Waals surface area contributed by atoms with Gasteiger partial charge in [-0.3, -0.25) is 14.9 Å². The van der Waals surface area contributed by atoms with Crippen LogP contribution >= 0.6 is 0 Å². The van der Waals surface area contributed by atoms with Crippen molar-refractivity contribution >= 4 is 28.7 Å². The van der Waals surface area contributed by atoms with Crippen molar-refractivity contribution in [3.63, 3.8) is 0 Å². The molecule has 2 fully saturated rings. The molecular weight excluding hydrogens is 471 g/mol. The molecule has 2 atom stereocenters. The summed E-state index contributed by atoms with van der Waals surface area (Å²) in [5, 5.41) is 11.0. The van der Waals surface area contributed by atoms with Crippen LogP contribution in [0.3, 0.4) is 0 Å². The van der Waals surface area contributed by atoms with Crippen LogP contribution < -0.4 is 10.6 Å². The number of nitrogens with zero attached hydrogens (tertiary/aromatic N) is 6. The van der Waals surface area contributed by atoms with Crippen LogP contribution in [0.4, 0.5) is 21.8 Å². The van der Waals surface area contributed by atoms with Gasteiger partial charge in [-0.2, -0.15) is 4.98 Å². The SMILES string of the molecule is CC(C)C.CNc1nc(NC2CN(C3COC3)CC2F)nn2ccc(-c3ccc(N=C(C)C)c(C)n3)c12. The minimum Gasteiger partial charge on any atom is -0.378 e. The summed E-state index contributed by atoms with van der Waals surface area (Å²) in [5.74, 6) is 1.87. The zero-order chi connectivity index (χ0) is 26.7. The molecule has 0 aromatic carbocycles. The topological polar surface area (TPSA) is 92.0 Å². The van der Waals surface area contributed by atoms with E-state index < -0.39 is 6.17 Å². The summed E-state index contributed by atoms with van der Waals surface area (Å²) >= 11 is 0. The molecule has 0 bridgehead atoms. The van der Waals surface area contributed by atoms with Gasteiger partial charge in [-0.05, 0) is 44.9 Å². The molecule has 5 heterocycles. The number of alkyl halides is 1. The molecule has 9 nitrogen and oxygen atoms in total. The summed E-state index contributed by atoms with van der Waals surface area (Å²) in [6.45, 7) is 14.8. The smallest absolute Gasteiger partial charge is 0.243 e. The summed E-state index contributed by atoms with van der Waals surface area (Å²) in [6.07, 6.45) is 0.889. The first-order chi connectivity index (χ1) is 17.7. The number of aliphatic imine (C=N–C) groups is 1. The summed E-state index contributed by atoms with van der Waals surface area (Å²) in [5.41, 5.74) is 5.25. The molecule has 200 valence electrons. The molecule has 0 amide bonds. The number of pyridine rings is 1. The highest BCUT2D eigenvalue weighted by Crippen LogP contribution is 2.31. The second-order valence-electron chi connectivity index (χ2n) is 10.6. The molecule has 2 aliphatic rings. The van der Waals surface area contributed by atoms with Gasteiger partial charge in [-0.15, -0.1) is 5.10 Å². The highest BCUT2D eigenvalue weighted by molar-refractivity contribution is 5.88. The molecule has 2 unspecified atom stereocenters. The second-order valence-corrected chi connectivity index (χ2v) is 10.6. The fourth-order valence-corrected chi connectivity index (χ4v) is 4.36. The van der Waals surface area contributed by atoms with E-state index in [0.717, 1.165) is 39.8 Å². The van der Waals surface area contributed by atoms with Crippen molar-refractivity contribution in [2.75, 3.05) is 44.0 Å². The average Bonchev–Trinajstić information content (AvgIpc) is 3.36. The number of nitrogens with one attached hydrogen (secondary N) is 2. The van der Waals surface area contributed by atoms with Crippen molar-refractivity contribution in [1.29, 1.82) is 0 Å². The van der Waals surface area contributed by atoms with E-state index in [0.29, 0.717) is 44.1 Å². The lowest BCUT2D eigenvalue weighted by atomic mass is 10.1. The van der Waals surface area contributed by atoms with Crippen molar-refractivity contribution in [3.05, 3.63) is 30.1 Å². The largest absolute Gasteiger partial charge is 0.378 e. The van der Waals surface area contributed by atoms with Gasteiger partial charge >= 0.3 is 0 Å². The minimum atomic E-state index is -0.983. The summed E-state index contributed by atoms with van der Waals surface area (Å²) in [7, 11) is 1.81. The lowest BCUT2D eigenvalue weighted by Crippen LogP contribution is -2.48. The van der Waals surface area contributed by atoms with Gasteiger partial charge in [0.05, 0.1) is 42.4 Å². The number of likely N-dealkylation sites (tertiary alicyclic amines) is 1. The first kappa shape index (κ1) is 26.9. The van der Waals surface area contributed by atoms with E-state index in [1.165, 1.54) is 0 Å². The van der Waals surface area contributed by atoms with Gasteiger partial charge in [-0.1, -0.05) is 20.8 Å². The normalized spacial score (nSPS) is 19.9. The maximum absolute atomic E-state index is 14.7. The fraction of sp³-hybridized carbons (Fsp3) is 0.556. The van der Waals surface area contributed by atoms with Crippen LogP contribution in [0.25, 0.3) is 16.8 Å². The molecule has 3 aromatic heterocycles. The molecular formula is C27H39FN8O. The number of hydrogen-bond donors (Lipinski definition) is 2. The third kappa shape index (κ3) is 6.24. The van der Waals surface area contributed by atoms with E-state index in [-0.39, 0.29) is 6.04 Å². The Morgan fingerprint density at radius 2 is 1.86 bits per heavy atom. The average molecular weight is 511 g/mol. The zero-order valence-corrected chi connectivity index (χ0v) is 22.9. The molecule has 0 saturated carbocycles. The van der Waals surface area contributed by atoms with E-state index in [2.05, 4.69) is 51.4 Å². The van der Waals surface area contributed by atoms with E-state index in [4.69, 9.17) is 9.72 Å². The Hall–Kier alpha value is -3.11. The Labute approximate surface area is 218 Å². The number of halogens is 1. The molecule has 2 saturated heterocycles. The number of hydrogen-bond acceptors (Lipinski definition) is 8. The van der Waals surface area contributed by atoms with Crippen LogP contribution in [-0.4, -0.2) is 81.8 Å². The van der Waals surface area contributed by atoms with Gasteiger partial charge in [0.2, 0.25) is 5.95 Å². The number of rotatable bonds is 6. The highest BCUT2D eigenvalue weighted by atomic mass is 19.1. The van der Waals surface area contributed by atoms with E-state index in [1.54, 1.807) is 4.52 Å². The first-order valence-corrected chi connectivity index (χ1v) is 13.0. The number of anilines is 2. The lowest BCUT2D eigenvalue weighted by molar-refractivity contribution is -0.0585. The number of ether oxygens (including phenoxy) is 1. The number of aromatic nitrogens is 4. The van der Waals surface area contributed by atoms with Crippen molar-refractivity contribution in [1.82, 2.24) is 24.5 Å². The molecule has 2 N–H and O–H groups in total. The monoisotopic (exact) mass is 510 g/mol. The lowest BCUT2D eigenvalue weighted by Gasteiger charge is -2.34. The van der Waals surface area contributed by atoms with Crippen LogP contribution in [0.1, 0.15) is 40.3 Å². The molecule has 0 aliphatic carbocycles. The maximum atomic E-state index is 14.7. The van der Waals surface area contributed by atoms with Gasteiger partial charge in [0.15, 0.2) is 5.82 Å². The van der Waals surface area contributed by atoms with Crippen molar-refractivity contribution in [2.45, 2.75) is 59.8 Å². The highest BCUT2D eigenvalue weighted by Gasteiger charge is 2.39. The molecule has 10 heteroatoms. The molecule has 5 rings (SSSR count). The third-order valence-corrected chi connectivity index (χ3v) is 6.15. The van der Waals surface area contributed by atoms with Crippen molar-refractivity contribution in [2.24, 2.45) is 10.9 Å². The quantitative estimate of drug-likeness (QED) is 0.463. The second kappa shape index (κ2) is 11.5.